The van der Waals surface area contributed by atoms with E-state index in [2.05, 4.69) is 11.6 Å². The molecule has 0 aromatic heterocycles. The minimum atomic E-state index is -3.43. The Balaban J connectivity index is 2.79. The Morgan fingerprint density at radius 3 is 2.65 bits per heavy atom. The molecule has 0 saturated carbocycles. The fourth-order valence-electron chi connectivity index (χ4n) is 1.54. The maximum Gasteiger partial charge on any atom is 0.240 e. The molecule has 3 nitrogen and oxygen atoms in total. The molecule has 0 aliphatic heterocycles. The van der Waals surface area contributed by atoms with Gasteiger partial charge in [0.2, 0.25) is 10.0 Å². The van der Waals surface area contributed by atoms with Crippen LogP contribution < -0.4 is 4.72 Å². The Bertz CT molecular complexity index is 471. The van der Waals surface area contributed by atoms with Crippen LogP contribution in [0.4, 0.5) is 0 Å². The highest BCUT2D eigenvalue weighted by atomic mass is 35.5. The third kappa shape index (κ3) is 3.98. The highest BCUT2D eigenvalue weighted by molar-refractivity contribution is 7.89. The van der Waals surface area contributed by atoms with Crippen molar-refractivity contribution < 1.29 is 8.42 Å². The topological polar surface area (TPSA) is 46.2 Å². The number of hydrogen-bond acceptors (Lipinski definition) is 2. The molecular weight excluding hydrogens is 258 g/mol. The maximum atomic E-state index is 12.0. The van der Waals surface area contributed by atoms with Crippen LogP contribution in [-0.2, 0) is 10.0 Å². The second kappa shape index (κ2) is 6.38. The van der Waals surface area contributed by atoms with Gasteiger partial charge in [-0.25, -0.2) is 13.1 Å². The first-order valence-electron chi connectivity index (χ1n) is 5.74. The highest BCUT2D eigenvalue weighted by Crippen LogP contribution is 2.22. The average molecular weight is 276 g/mol. The van der Waals surface area contributed by atoms with Crippen LogP contribution in [0, 0.1) is 6.92 Å². The number of unbranched alkanes of at least 4 members (excludes halogenated alkanes) is 2. The van der Waals surface area contributed by atoms with Crippen molar-refractivity contribution in [1.82, 2.24) is 4.72 Å². The lowest BCUT2D eigenvalue weighted by Crippen LogP contribution is -2.25. The van der Waals surface area contributed by atoms with Gasteiger partial charge in [0, 0.05) is 11.6 Å². The molecule has 0 fully saturated rings. The molecule has 0 radical (unpaired) electrons. The molecule has 1 rings (SSSR count). The molecule has 0 amide bonds. The van der Waals surface area contributed by atoms with E-state index in [-0.39, 0.29) is 4.90 Å². The number of nitrogens with one attached hydrogen (secondary N) is 1. The first-order chi connectivity index (χ1) is 7.99. The molecule has 17 heavy (non-hydrogen) atoms. The summed E-state index contributed by atoms with van der Waals surface area (Å²) in [6.45, 7) is 4.26. The molecule has 0 aliphatic rings. The third-order valence-electron chi connectivity index (χ3n) is 2.58. The fourth-order valence-corrected chi connectivity index (χ4v) is 3.11. The summed E-state index contributed by atoms with van der Waals surface area (Å²) in [4.78, 5) is 0.265. The molecule has 0 spiro atoms. The van der Waals surface area contributed by atoms with Gasteiger partial charge in [0.1, 0.15) is 0 Å². The molecule has 0 heterocycles. The summed E-state index contributed by atoms with van der Waals surface area (Å²) in [6.07, 6.45) is 2.95. The molecule has 0 unspecified atom stereocenters. The number of benzene rings is 1. The van der Waals surface area contributed by atoms with Gasteiger partial charge in [-0.05, 0) is 31.0 Å². The molecule has 0 atom stereocenters. The Labute approximate surface area is 108 Å². The van der Waals surface area contributed by atoms with Crippen molar-refractivity contribution >= 4 is 21.6 Å². The molecular formula is C12H18ClNO2S. The summed E-state index contributed by atoms with van der Waals surface area (Å²) in [5, 5.41) is 0.474. The normalized spacial score (nSPS) is 11.7. The third-order valence-corrected chi connectivity index (χ3v) is 4.59. The van der Waals surface area contributed by atoms with Gasteiger partial charge in [0.05, 0.1) is 4.90 Å². The van der Waals surface area contributed by atoms with Crippen LogP contribution in [0.5, 0.6) is 0 Å². The van der Waals surface area contributed by atoms with Gasteiger partial charge in [-0.15, -0.1) is 0 Å². The van der Waals surface area contributed by atoms with E-state index in [4.69, 9.17) is 11.6 Å². The van der Waals surface area contributed by atoms with Crippen LogP contribution in [-0.4, -0.2) is 15.0 Å². The fraction of sp³-hybridized carbons (Fsp3) is 0.500. The van der Waals surface area contributed by atoms with Crippen LogP contribution in [0.25, 0.3) is 0 Å². The van der Waals surface area contributed by atoms with Crippen molar-refractivity contribution in [3.63, 3.8) is 0 Å². The van der Waals surface area contributed by atoms with Gasteiger partial charge < -0.3 is 0 Å². The molecule has 0 aliphatic carbocycles. The van der Waals surface area contributed by atoms with Gasteiger partial charge in [-0.2, -0.15) is 0 Å². The van der Waals surface area contributed by atoms with Crippen LogP contribution in [0.3, 0.4) is 0 Å². The van der Waals surface area contributed by atoms with Crippen molar-refractivity contribution in [2.75, 3.05) is 6.54 Å². The van der Waals surface area contributed by atoms with E-state index in [1.807, 2.05) is 0 Å². The van der Waals surface area contributed by atoms with E-state index in [1.165, 1.54) is 0 Å². The lowest BCUT2D eigenvalue weighted by Gasteiger charge is -2.09. The zero-order valence-electron chi connectivity index (χ0n) is 10.2. The molecule has 0 bridgehead atoms. The van der Waals surface area contributed by atoms with E-state index in [1.54, 1.807) is 25.1 Å². The molecule has 1 aromatic rings. The number of hydrogen-bond donors (Lipinski definition) is 1. The largest absolute Gasteiger partial charge is 0.240 e. The van der Waals surface area contributed by atoms with E-state index in [9.17, 15) is 8.42 Å². The smallest absolute Gasteiger partial charge is 0.211 e. The summed E-state index contributed by atoms with van der Waals surface area (Å²) in [6, 6.07) is 4.91. The number of halogens is 1. The quantitative estimate of drug-likeness (QED) is 0.811. The summed E-state index contributed by atoms with van der Waals surface area (Å²) in [5.41, 5.74) is 0.595. The molecule has 5 heteroatoms. The van der Waals surface area contributed by atoms with Gasteiger partial charge in [-0.3, -0.25) is 0 Å². The maximum absolute atomic E-state index is 12.0. The van der Waals surface area contributed by atoms with Crippen molar-refractivity contribution in [2.24, 2.45) is 0 Å². The second-order valence-corrected chi connectivity index (χ2v) is 6.11. The lowest BCUT2D eigenvalue weighted by molar-refractivity contribution is 0.575. The number of rotatable bonds is 6. The van der Waals surface area contributed by atoms with Crippen molar-refractivity contribution in [3.05, 3.63) is 28.8 Å². The molecule has 1 N–H and O–H groups in total. The van der Waals surface area contributed by atoms with Crippen LogP contribution >= 0.6 is 11.6 Å². The Kier molecular flexibility index (Phi) is 5.43. The summed E-state index contributed by atoms with van der Waals surface area (Å²) in [7, 11) is -3.43. The van der Waals surface area contributed by atoms with E-state index in [0.29, 0.717) is 17.1 Å². The first-order valence-corrected chi connectivity index (χ1v) is 7.60. The Morgan fingerprint density at radius 2 is 2.00 bits per heavy atom. The van der Waals surface area contributed by atoms with Crippen LogP contribution in [0.1, 0.15) is 31.7 Å². The number of sulfonamides is 1. The lowest BCUT2D eigenvalue weighted by atomic mass is 10.2. The Morgan fingerprint density at radius 1 is 1.29 bits per heavy atom. The van der Waals surface area contributed by atoms with Gasteiger partial charge in [0.15, 0.2) is 0 Å². The van der Waals surface area contributed by atoms with E-state index < -0.39 is 10.0 Å². The van der Waals surface area contributed by atoms with Gasteiger partial charge >= 0.3 is 0 Å². The zero-order chi connectivity index (χ0) is 12.9. The first kappa shape index (κ1) is 14.5. The molecule has 0 saturated heterocycles. The highest BCUT2D eigenvalue weighted by Gasteiger charge is 2.16. The minimum absolute atomic E-state index is 0.265. The van der Waals surface area contributed by atoms with E-state index in [0.717, 1.165) is 19.3 Å². The summed E-state index contributed by atoms with van der Waals surface area (Å²) < 4.78 is 26.6. The standard InChI is InChI=1S/C12H18ClNO2S/c1-3-4-5-9-14-17(15,16)12-8-6-7-11(13)10(12)2/h6-8,14H,3-5,9H2,1-2H3. The monoisotopic (exact) mass is 275 g/mol. The van der Waals surface area contributed by atoms with Crippen LogP contribution in [0.2, 0.25) is 5.02 Å². The van der Waals surface area contributed by atoms with Crippen molar-refractivity contribution in [3.8, 4) is 0 Å². The van der Waals surface area contributed by atoms with Gasteiger partial charge in [0.25, 0.3) is 0 Å². The Hall–Kier alpha value is -0.580. The predicted molar refractivity (Wildman–Crippen MR) is 70.9 cm³/mol. The average Bonchev–Trinajstić information content (AvgIpc) is 2.28. The minimum Gasteiger partial charge on any atom is -0.211 e. The summed E-state index contributed by atoms with van der Waals surface area (Å²) >= 11 is 5.91. The van der Waals surface area contributed by atoms with Crippen molar-refractivity contribution in [2.45, 2.75) is 38.0 Å². The van der Waals surface area contributed by atoms with Crippen LogP contribution in [0.15, 0.2) is 23.1 Å². The molecule has 96 valence electrons. The van der Waals surface area contributed by atoms with E-state index >= 15 is 0 Å². The SMILES string of the molecule is CCCCCNS(=O)(=O)c1cccc(Cl)c1C. The summed E-state index contributed by atoms with van der Waals surface area (Å²) in [5.74, 6) is 0. The second-order valence-electron chi connectivity index (χ2n) is 3.97. The van der Waals surface area contributed by atoms with Gasteiger partial charge in [-0.1, -0.05) is 37.4 Å². The predicted octanol–water partition coefficient (Wildman–Crippen LogP) is 3.12. The molecule has 1 aromatic carbocycles. The van der Waals surface area contributed by atoms with Crippen molar-refractivity contribution in [1.29, 1.82) is 0 Å². The zero-order valence-corrected chi connectivity index (χ0v) is 11.7.